The zero-order valence-electron chi connectivity index (χ0n) is 12.5. The van der Waals surface area contributed by atoms with Crippen LogP contribution in [0.5, 0.6) is 0 Å². The number of nitrogens with one attached hydrogen (secondary N) is 1. The lowest BCUT2D eigenvalue weighted by molar-refractivity contribution is -0.384. The highest BCUT2D eigenvalue weighted by atomic mass is 16.6. The number of para-hydroxylation sites is 1. The quantitative estimate of drug-likeness (QED) is 0.591. The summed E-state index contributed by atoms with van der Waals surface area (Å²) in [7, 11) is 1.55. The Morgan fingerprint density at radius 1 is 1.48 bits per heavy atom. The number of nitro groups is 1. The van der Waals surface area contributed by atoms with Gasteiger partial charge in [0.25, 0.3) is 11.6 Å². The van der Waals surface area contributed by atoms with E-state index >= 15 is 0 Å². The highest BCUT2D eigenvalue weighted by Crippen LogP contribution is 2.29. The zero-order valence-corrected chi connectivity index (χ0v) is 12.5. The summed E-state index contributed by atoms with van der Waals surface area (Å²) < 4.78 is 0. The second kappa shape index (κ2) is 7.58. The van der Waals surface area contributed by atoms with Crippen molar-refractivity contribution >= 4 is 17.3 Å². The molecule has 116 valence electrons. The lowest BCUT2D eigenvalue weighted by atomic mass is 10.1. The van der Waals surface area contributed by atoms with Crippen LogP contribution in [0.4, 0.5) is 11.4 Å². The first kappa shape index (κ1) is 16.9. The Balaban J connectivity index is 3.21. The fourth-order valence-corrected chi connectivity index (χ4v) is 2.12. The van der Waals surface area contributed by atoms with E-state index in [1.54, 1.807) is 18.0 Å². The molecule has 0 aromatic heterocycles. The molecule has 0 atom stereocenters. The number of aliphatic hydroxyl groups is 1. The van der Waals surface area contributed by atoms with Crippen LogP contribution in [-0.2, 0) is 0 Å². The molecule has 0 bridgehead atoms. The molecule has 0 spiro atoms. The smallest absolute Gasteiger partial charge is 0.293 e. The summed E-state index contributed by atoms with van der Waals surface area (Å²) in [5, 5.41) is 22.7. The molecule has 0 unspecified atom stereocenters. The van der Waals surface area contributed by atoms with Gasteiger partial charge < -0.3 is 15.3 Å². The molecule has 1 amide bonds. The van der Waals surface area contributed by atoms with E-state index < -0.39 is 4.92 Å². The number of carbonyl (C=O) groups excluding carboxylic acids is 1. The Hall–Kier alpha value is -2.15. The summed E-state index contributed by atoms with van der Waals surface area (Å²) in [5.41, 5.74) is 0.342. The molecule has 1 aromatic carbocycles. The van der Waals surface area contributed by atoms with Gasteiger partial charge in [-0.15, -0.1) is 0 Å². The first-order chi connectivity index (χ1) is 9.93. The van der Waals surface area contributed by atoms with Gasteiger partial charge in [0.15, 0.2) is 0 Å². The molecule has 21 heavy (non-hydrogen) atoms. The molecule has 0 aliphatic carbocycles. The van der Waals surface area contributed by atoms with Crippen LogP contribution in [0, 0.1) is 10.1 Å². The van der Waals surface area contributed by atoms with Gasteiger partial charge in [0.1, 0.15) is 5.69 Å². The summed E-state index contributed by atoms with van der Waals surface area (Å²) in [6.07, 6.45) is 0.466. The Morgan fingerprint density at radius 3 is 2.62 bits per heavy atom. The normalized spacial score (nSPS) is 10.5. The third kappa shape index (κ3) is 3.91. The van der Waals surface area contributed by atoms with Crippen molar-refractivity contribution in [2.45, 2.75) is 26.3 Å². The van der Waals surface area contributed by atoms with Crippen LogP contribution in [0.3, 0.4) is 0 Å². The summed E-state index contributed by atoms with van der Waals surface area (Å²) in [5.74, 6) is -0.286. The first-order valence-corrected chi connectivity index (χ1v) is 6.81. The van der Waals surface area contributed by atoms with E-state index in [1.807, 2.05) is 13.8 Å². The van der Waals surface area contributed by atoms with Crippen molar-refractivity contribution in [3.63, 3.8) is 0 Å². The highest BCUT2D eigenvalue weighted by Gasteiger charge is 2.25. The molecular formula is C14H21N3O4. The molecule has 7 nitrogen and oxygen atoms in total. The maximum atomic E-state index is 12.6. The molecule has 1 rings (SSSR count). The van der Waals surface area contributed by atoms with Crippen LogP contribution >= 0.6 is 0 Å². The van der Waals surface area contributed by atoms with Gasteiger partial charge in [-0.2, -0.15) is 0 Å². The molecule has 0 aliphatic rings. The van der Waals surface area contributed by atoms with Crippen molar-refractivity contribution in [2.75, 3.05) is 25.5 Å². The lowest BCUT2D eigenvalue weighted by Gasteiger charge is -2.27. The lowest BCUT2D eigenvalue weighted by Crippen LogP contribution is -2.38. The van der Waals surface area contributed by atoms with Crippen LogP contribution in [0.25, 0.3) is 0 Å². The standard InChI is InChI=1S/C14H21N3O4/c1-10(2)16(8-5-9-18)14(19)11-6-4-7-12(17(20)21)13(11)15-3/h4,6-7,10,15,18H,5,8-9H2,1-3H3. The van der Waals surface area contributed by atoms with E-state index in [0.29, 0.717) is 13.0 Å². The second-order valence-electron chi connectivity index (χ2n) is 4.88. The molecule has 0 fully saturated rings. The van der Waals surface area contributed by atoms with Crippen molar-refractivity contribution in [1.29, 1.82) is 0 Å². The fourth-order valence-electron chi connectivity index (χ4n) is 2.12. The van der Waals surface area contributed by atoms with E-state index in [0.717, 1.165) is 0 Å². The van der Waals surface area contributed by atoms with E-state index in [2.05, 4.69) is 5.32 Å². The number of hydrogen-bond acceptors (Lipinski definition) is 5. The molecule has 0 saturated heterocycles. The fraction of sp³-hybridized carbons (Fsp3) is 0.500. The zero-order chi connectivity index (χ0) is 16.0. The van der Waals surface area contributed by atoms with Crippen molar-refractivity contribution < 1.29 is 14.8 Å². The minimum absolute atomic E-state index is 0.00960. The number of rotatable bonds is 7. The summed E-state index contributed by atoms with van der Waals surface area (Å²) >= 11 is 0. The number of amides is 1. The van der Waals surface area contributed by atoms with Gasteiger partial charge in [-0.05, 0) is 26.3 Å². The monoisotopic (exact) mass is 295 g/mol. The number of benzene rings is 1. The number of carbonyl (C=O) groups is 1. The van der Waals surface area contributed by atoms with Gasteiger partial charge in [-0.1, -0.05) is 6.07 Å². The van der Waals surface area contributed by atoms with Crippen LogP contribution in [0.2, 0.25) is 0 Å². The average molecular weight is 295 g/mol. The Morgan fingerprint density at radius 2 is 2.14 bits per heavy atom. The number of hydrogen-bond donors (Lipinski definition) is 2. The molecule has 7 heteroatoms. The number of nitro benzene ring substituents is 1. The van der Waals surface area contributed by atoms with E-state index in [-0.39, 0.29) is 35.5 Å². The van der Waals surface area contributed by atoms with Gasteiger partial charge in [0.2, 0.25) is 0 Å². The summed E-state index contributed by atoms with van der Waals surface area (Å²) in [4.78, 5) is 24.7. The van der Waals surface area contributed by atoms with Crippen molar-refractivity contribution in [3.8, 4) is 0 Å². The minimum Gasteiger partial charge on any atom is -0.396 e. The second-order valence-corrected chi connectivity index (χ2v) is 4.88. The van der Waals surface area contributed by atoms with Gasteiger partial charge in [-0.25, -0.2) is 0 Å². The number of anilines is 1. The third-order valence-electron chi connectivity index (χ3n) is 3.16. The van der Waals surface area contributed by atoms with Gasteiger partial charge >= 0.3 is 0 Å². The highest BCUT2D eigenvalue weighted by molar-refractivity contribution is 6.01. The summed E-state index contributed by atoms with van der Waals surface area (Å²) in [6, 6.07) is 4.36. The van der Waals surface area contributed by atoms with Crippen molar-refractivity contribution in [1.82, 2.24) is 4.90 Å². The first-order valence-electron chi connectivity index (χ1n) is 6.81. The molecule has 0 radical (unpaired) electrons. The number of nitrogens with zero attached hydrogens (tertiary/aromatic N) is 2. The largest absolute Gasteiger partial charge is 0.396 e. The SMILES string of the molecule is CNc1c(C(=O)N(CCCO)C(C)C)cccc1[N+](=O)[O-]. The Bertz CT molecular complexity index is 517. The molecule has 0 heterocycles. The van der Waals surface area contributed by atoms with Crippen LogP contribution in [0.1, 0.15) is 30.6 Å². The van der Waals surface area contributed by atoms with E-state index in [9.17, 15) is 14.9 Å². The van der Waals surface area contributed by atoms with Crippen LogP contribution in [0.15, 0.2) is 18.2 Å². The molecule has 1 aromatic rings. The predicted octanol–water partition coefficient (Wildman–Crippen LogP) is 1.87. The van der Waals surface area contributed by atoms with Crippen molar-refractivity contribution in [2.24, 2.45) is 0 Å². The van der Waals surface area contributed by atoms with E-state index in [4.69, 9.17) is 5.11 Å². The average Bonchev–Trinajstić information content (AvgIpc) is 2.45. The van der Waals surface area contributed by atoms with Crippen molar-refractivity contribution in [3.05, 3.63) is 33.9 Å². The minimum atomic E-state index is -0.518. The molecular weight excluding hydrogens is 274 g/mol. The maximum absolute atomic E-state index is 12.6. The molecule has 0 saturated carbocycles. The van der Waals surface area contributed by atoms with Gasteiger partial charge in [-0.3, -0.25) is 14.9 Å². The van der Waals surface area contributed by atoms with E-state index in [1.165, 1.54) is 12.1 Å². The number of aliphatic hydroxyl groups excluding tert-OH is 1. The topological polar surface area (TPSA) is 95.7 Å². The maximum Gasteiger partial charge on any atom is 0.293 e. The molecule has 0 aliphatic heterocycles. The predicted molar refractivity (Wildman–Crippen MR) is 80.5 cm³/mol. The van der Waals surface area contributed by atoms with Gasteiger partial charge in [0, 0.05) is 32.3 Å². The van der Waals surface area contributed by atoms with Crippen LogP contribution < -0.4 is 5.32 Å². The molecule has 2 N–H and O–H groups in total. The van der Waals surface area contributed by atoms with Gasteiger partial charge in [0.05, 0.1) is 10.5 Å². The Labute approximate surface area is 123 Å². The Kier molecular flexibility index (Phi) is 6.10. The van der Waals surface area contributed by atoms with Crippen LogP contribution in [-0.4, -0.2) is 47.1 Å². The third-order valence-corrected chi connectivity index (χ3v) is 3.16. The summed E-state index contributed by atoms with van der Waals surface area (Å²) in [6.45, 7) is 4.13.